The SMILES string of the molecule is CC(C1CC1)N1CCN(C(=O)CN2C(=O)c3ccccc3C2=O)CC1. The van der Waals surface area contributed by atoms with Crippen LogP contribution in [-0.4, -0.2) is 71.2 Å². The molecule has 1 aromatic carbocycles. The molecule has 132 valence electrons. The van der Waals surface area contributed by atoms with Gasteiger partial charge >= 0.3 is 0 Å². The van der Waals surface area contributed by atoms with Crippen LogP contribution < -0.4 is 0 Å². The Morgan fingerprint density at radius 3 is 2.12 bits per heavy atom. The quantitative estimate of drug-likeness (QED) is 0.773. The van der Waals surface area contributed by atoms with Crippen LogP contribution in [0.3, 0.4) is 0 Å². The summed E-state index contributed by atoms with van der Waals surface area (Å²) in [4.78, 5) is 42.6. The van der Waals surface area contributed by atoms with E-state index in [0.29, 0.717) is 30.3 Å². The molecular weight excluding hydrogens is 318 g/mol. The number of hydrogen-bond donors (Lipinski definition) is 0. The molecule has 25 heavy (non-hydrogen) atoms. The number of carbonyl (C=O) groups excluding carboxylic acids is 3. The van der Waals surface area contributed by atoms with Crippen molar-refractivity contribution in [2.24, 2.45) is 5.92 Å². The average Bonchev–Trinajstić information content (AvgIpc) is 3.46. The molecule has 2 heterocycles. The van der Waals surface area contributed by atoms with Crippen LogP contribution in [0.15, 0.2) is 24.3 Å². The van der Waals surface area contributed by atoms with Gasteiger partial charge in [-0.15, -0.1) is 0 Å². The number of benzene rings is 1. The van der Waals surface area contributed by atoms with Crippen LogP contribution in [0.5, 0.6) is 0 Å². The van der Waals surface area contributed by atoms with Crippen LogP contribution in [-0.2, 0) is 4.79 Å². The van der Waals surface area contributed by atoms with Crippen molar-refractivity contribution >= 4 is 17.7 Å². The highest BCUT2D eigenvalue weighted by atomic mass is 16.2. The Morgan fingerprint density at radius 1 is 1.04 bits per heavy atom. The van der Waals surface area contributed by atoms with E-state index in [2.05, 4.69) is 11.8 Å². The van der Waals surface area contributed by atoms with Crippen LogP contribution in [0.1, 0.15) is 40.5 Å². The summed E-state index contributed by atoms with van der Waals surface area (Å²) in [5, 5.41) is 0. The van der Waals surface area contributed by atoms with Crippen molar-refractivity contribution < 1.29 is 14.4 Å². The maximum Gasteiger partial charge on any atom is 0.262 e. The molecule has 0 radical (unpaired) electrons. The molecule has 3 aliphatic rings. The molecule has 4 rings (SSSR count). The highest BCUT2D eigenvalue weighted by molar-refractivity contribution is 6.22. The molecule has 0 spiro atoms. The zero-order chi connectivity index (χ0) is 17.6. The Balaban J connectivity index is 1.35. The number of carbonyl (C=O) groups is 3. The van der Waals surface area contributed by atoms with Crippen molar-refractivity contribution in [1.82, 2.24) is 14.7 Å². The van der Waals surface area contributed by atoms with Gasteiger partial charge in [0.05, 0.1) is 11.1 Å². The molecule has 1 aliphatic carbocycles. The summed E-state index contributed by atoms with van der Waals surface area (Å²) in [7, 11) is 0. The lowest BCUT2D eigenvalue weighted by atomic mass is 10.1. The number of nitrogens with zero attached hydrogens (tertiary/aromatic N) is 3. The van der Waals surface area contributed by atoms with Crippen LogP contribution in [0.25, 0.3) is 0 Å². The third-order valence-electron chi connectivity index (χ3n) is 5.72. The van der Waals surface area contributed by atoms with Crippen LogP contribution >= 0.6 is 0 Å². The molecule has 2 aliphatic heterocycles. The van der Waals surface area contributed by atoms with Gasteiger partial charge in [0.25, 0.3) is 11.8 Å². The second kappa shape index (κ2) is 6.26. The molecule has 1 aromatic rings. The van der Waals surface area contributed by atoms with E-state index < -0.39 is 0 Å². The summed E-state index contributed by atoms with van der Waals surface area (Å²) >= 11 is 0. The van der Waals surface area contributed by atoms with Crippen molar-refractivity contribution in [2.75, 3.05) is 32.7 Å². The largest absolute Gasteiger partial charge is 0.339 e. The first-order valence-electron chi connectivity index (χ1n) is 9.03. The molecule has 0 N–H and O–H groups in total. The van der Waals surface area contributed by atoms with E-state index in [1.54, 1.807) is 29.2 Å². The Labute approximate surface area is 147 Å². The van der Waals surface area contributed by atoms with E-state index in [1.165, 1.54) is 12.8 Å². The Bertz CT molecular complexity index is 685. The lowest BCUT2D eigenvalue weighted by Crippen LogP contribution is -2.54. The molecule has 1 saturated heterocycles. The maximum absolute atomic E-state index is 12.6. The van der Waals surface area contributed by atoms with Gasteiger partial charge in [0.2, 0.25) is 5.91 Å². The Kier molecular flexibility index (Phi) is 4.07. The first-order chi connectivity index (χ1) is 12.1. The first kappa shape index (κ1) is 16.3. The van der Waals surface area contributed by atoms with Gasteiger partial charge in [-0.25, -0.2) is 0 Å². The summed E-state index contributed by atoms with van der Waals surface area (Å²) in [6.45, 7) is 5.17. The average molecular weight is 341 g/mol. The predicted molar refractivity (Wildman–Crippen MR) is 92.1 cm³/mol. The third kappa shape index (κ3) is 2.95. The number of fused-ring (bicyclic) bond motifs is 1. The Hall–Kier alpha value is -2.21. The minimum atomic E-state index is -0.366. The van der Waals surface area contributed by atoms with E-state index in [0.717, 1.165) is 23.9 Å². The van der Waals surface area contributed by atoms with Crippen molar-refractivity contribution in [3.8, 4) is 0 Å². The van der Waals surface area contributed by atoms with Crippen molar-refractivity contribution in [3.63, 3.8) is 0 Å². The molecule has 1 atom stereocenters. The molecule has 1 saturated carbocycles. The van der Waals surface area contributed by atoms with Crippen molar-refractivity contribution in [2.45, 2.75) is 25.8 Å². The van der Waals surface area contributed by atoms with Gasteiger partial charge in [-0.2, -0.15) is 0 Å². The highest BCUT2D eigenvalue weighted by Crippen LogP contribution is 2.35. The van der Waals surface area contributed by atoms with Crippen LogP contribution in [0.4, 0.5) is 0 Å². The summed E-state index contributed by atoms with van der Waals surface area (Å²) in [5.74, 6) is -0.0567. The van der Waals surface area contributed by atoms with Gasteiger partial charge in [0, 0.05) is 32.2 Å². The second-order valence-corrected chi connectivity index (χ2v) is 7.24. The van der Waals surface area contributed by atoms with Crippen LogP contribution in [0.2, 0.25) is 0 Å². The van der Waals surface area contributed by atoms with E-state index in [-0.39, 0.29) is 24.3 Å². The van der Waals surface area contributed by atoms with Gasteiger partial charge < -0.3 is 4.90 Å². The molecule has 0 aromatic heterocycles. The fourth-order valence-electron chi connectivity index (χ4n) is 3.87. The normalized spacial score (nSPS) is 22.3. The van der Waals surface area contributed by atoms with Gasteiger partial charge in [-0.1, -0.05) is 12.1 Å². The number of hydrogen-bond acceptors (Lipinski definition) is 4. The molecule has 3 amide bonds. The van der Waals surface area contributed by atoms with E-state index >= 15 is 0 Å². The summed E-state index contributed by atoms with van der Waals surface area (Å²) < 4.78 is 0. The lowest BCUT2D eigenvalue weighted by Gasteiger charge is -2.38. The molecular formula is C19H23N3O3. The summed E-state index contributed by atoms with van der Waals surface area (Å²) in [6, 6.07) is 7.33. The van der Waals surface area contributed by atoms with E-state index in [9.17, 15) is 14.4 Å². The van der Waals surface area contributed by atoms with Crippen molar-refractivity contribution in [3.05, 3.63) is 35.4 Å². The minimum Gasteiger partial charge on any atom is -0.339 e. The fourth-order valence-corrected chi connectivity index (χ4v) is 3.87. The minimum absolute atomic E-state index is 0.145. The van der Waals surface area contributed by atoms with Gasteiger partial charge in [-0.05, 0) is 37.8 Å². The smallest absolute Gasteiger partial charge is 0.262 e. The first-order valence-corrected chi connectivity index (χ1v) is 9.03. The standard InChI is InChI=1S/C19H23N3O3/c1-13(14-6-7-14)20-8-10-21(11-9-20)17(23)12-22-18(24)15-4-2-3-5-16(15)19(22)25/h2-5,13-14H,6-12H2,1H3. The third-order valence-corrected chi connectivity index (χ3v) is 5.72. The molecule has 6 heteroatoms. The molecule has 2 fully saturated rings. The fraction of sp³-hybridized carbons (Fsp3) is 0.526. The monoisotopic (exact) mass is 341 g/mol. The highest BCUT2D eigenvalue weighted by Gasteiger charge is 2.38. The zero-order valence-electron chi connectivity index (χ0n) is 14.5. The number of amides is 3. The topological polar surface area (TPSA) is 60.9 Å². The molecule has 0 bridgehead atoms. The zero-order valence-corrected chi connectivity index (χ0v) is 14.5. The molecule has 1 unspecified atom stereocenters. The second-order valence-electron chi connectivity index (χ2n) is 7.24. The van der Waals surface area contributed by atoms with Gasteiger partial charge in [0.15, 0.2) is 0 Å². The number of rotatable bonds is 4. The van der Waals surface area contributed by atoms with Gasteiger partial charge in [-0.3, -0.25) is 24.2 Å². The van der Waals surface area contributed by atoms with Gasteiger partial charge in [0.1, 0.15) is 6.54 Å². The number of piperazine rings is 1. The van der Waals surface area contributed by atoms with E-state index in [4.69, 9.17) is 0 Å². The lowest BCUT2D eigenvalue weighted by molar-refractivity contribution is -0.133. The van der Waals surface area contributed by atoms with Crippen LogP contribution in [0, 0.1) is 5.92 Å². The number of imide groups is 1. The maximum atomic E-state index is 12.6. The van der Waals surface area contributed by atoms with E-state index in [1.807, 2.05) is 0 Å². The predicted octanol–water partition coefficient (Wildman–Crippen LogP) is 1.23. The van der Waals surface area contributed by atoms with Crippen molar-refractivity contribution in [1.29, 1.82) is 0 Å². The summed E-state index contributed by atoms with van der Waals surface area (Å²) in [6.07, 6.45) is 2.64. The molecule has 6 nitrogen and oxygen atoms in total. The summed E-state index contributed by atoms with van der Waals surface area (Å²) in [5.41, 5.74) is 0.784. The Morgan fingerprint density at radius 2 is 1.60 bits per heavy atom.